The third-order valence-corrected chi connectivity index (χ3v) is 4.73. The van der Waals surface area contributed by atoms with E-state index in [0.717, 1.165) is 12.0 Å². The molecule has 5 heteroatoms. The first-order valence-corrected chi connectivity index (χ1v) is 7.14. The van der Waals surface area contributed by atoms with Crippen LogP contribution in [0, 0.1) is 6.92 Å². The lowest BCUT2D eigenvalue weighted by atomic mass is 10.1. The Morgan fingerprint density at radius 1 is 1.28 bits per heavy atom. The van der Waals surface area contributed by atoms with Crippen molar-refractivity contribution in [2.45, 2.75) is 19.4 Å². The predicted octanol–water partition coefficient (Wildman–Crippen LogP) is 4.11. The molecule has 0 amide bonds. The molecule has 2 aromatic rings. The van der Waals surface area contributed by atoms with Gasteiger partial charge in [0.05, 0.1) is 16.1 Å². The molecular formula is C13H14Cl2N2S. The van der Waals surface area contributed by atoms with Gasteiger partial charge in [-0.25, -0.2) is 0 Å². The van der Waals surface area contributed by atoms with Crippen molar-refractivity contribution < 1.29 is 0 Å². The first-order chi connectivity index (χ1) is 8.61. The summed E-state index contributed by atoms with van der Waals surface area (Å²) in [7, 11) is 0. The van der Waals surface area contributed by atoms with E-state index in [2.05, 4.69) is 24.5 Å². The summed E-state index contributed by atoms with van der Waals surface area (Å²) in [5.41, 5.74) is 3.83. The summed E-state index contributed by atoms with van der Waals surface area (Å²) in [6, 6.07) is 9.88. The standard InChI is InChI=1S/C13H14Cl2N2S/c1-8-5-6-12(18-8)11(17-16)7-9-3-2-4-10(14)13(9)15/h2-6,11,17H,7,16H2,1H3. The largest absolute Gasteiger partial charge is 0.271 e. The fourth-order valence-corrected chi connectivity index (χ4v) is 3.14. The van der Waals surface area contributed by atoms with Crippen LogP contribution >= 0.6 is 34.5 Å². The quantitative estimate of drug-likeness (QED) is 0.659. The smallest absolute Gasteiger partial charge is 0.0625 e. The Kier molecular flexibility index (Phi) is 4.65. The van der Waals surface area contributed by atoms with Gasteiger partial charge in [-0.15, -0.1) is 11.3 Å². The van der Waals surface area contributed by atoms with Crippen LogP contribution in [0.5, 0.6) is 0 Å². The number of hydrogen-bond acceptors (Lipinski definition) is 3. The van der Waals surface area contributed by atoms with Gasteiger partial charge in [0, 0.05) is 9.75 Å². The lowest BCUT2D eigenvalue weighted by molar-refractivity contribution is 0.561. The molecule has 1 unspecified atom stereocenters. The van der Waals surface area contributed by atoms with Gasteiger partial charge in [-0.1, -0.05) is 35.3 Å². The number of rotatable bonds is 4. The zero-order chi connectivity index (χ0) is 13.1. The fourth-order valence-electron chi connectivity index (χ4n) is 1.81. The summed E-state index contributed by atoms with van der Waals surface area (Å²) in [6.07, 6.45) is 0.718. The summed E-state index contributed by atoms with van der Waals surface area (Å²) in [4.78, 5) is 2.47. The van der Waals surface area contributed by atoms with E-state index in [9.17, 15) is 0 Å². The molecule has 0 fully saturated rings. The van der Waals surface area contributed by atoms with E-state index < -0.39 is 0 Å². The first-order valence-electron chi connectivity index (χ1n) is 5.57. The number of hydrogen-bond donors (Lipinski definition) is 2. The maximum Gasteiger partial charge on any atom is 0.0625 e. The highest BCUT2D eigenvalue weighted by Crippen LogP contribution is 2.31. The van der Waals surface area contributed by atoms with Crippen molar-refractivity contribution in [1.82, 2.24) is 5.43 Å². The van der Waals surface area contributed by atoms with Crippen molar-refractivity contribution in [1.29, 1.82) is 0 Å². The second kappa shape index (κ2) is 6.04. The third-order valence-electron chi connectivity index (χ3n) is 2.76. The van der Waals surface area contributed by atoms with Gasteiger partial charge in [0.15, 0.2) is 0 Å². The second-order valence-electron chi connectivity index (χ2n) is 4.08. The van der Waals surface area contributed by atoms with Crippen LogP contribution in [0.1, 0.15) is 21.4 Å². The van der Waals surface area contributed by atoms with Crippen molar-refractivity contribution in [3.8, 4) is 0 Å². The number of halogens is 2. The average Bonchev–Trinajstić information content (AvgIpc) is 2.78. The second-order valence-corrected chi connectivity index (χ2v) is 6.19. The molecule has 2 nitrogen and oxygen atoms in total. The maximum absolute atomic E-state index is 6.19. The minimum atomic E-state index is 0.0552. The van der Waals surface area contributed by atoms with Gasteiger partial charge >= 0.3 is 0 Å². The van der Waals surface area contributed by atoms with E-state index in [-0.39, 0.29) is 6.04 Å². The molecule has 0 aliphatic heterocycles. The van der Waals surface area contributed by atoms with Gasteiger partial charge in [0.2, 0.25) is 0 Å². The molecule has 1 atom stereocenters. The van der Waals surface area contributed by atoms with Crippen molar-refractivity contribution in [2.75, 3.05) is 0 Å². The molecule has 0 aliphatic rings. The number of nitrogens with one attached hydrogen (secondary N) is 1. The van der Waals surface area contributed by atoms with Gasteiger partial charge < -0.3 is 0 Å². The first kappa shape index (κ1) is 13.8. The minimum Gasteiger partial charge on any atom is -0.271 e. The van der Waals surface area contributed by atoms with E-state index >= 15 is 0 Å². The Hall–Kier alpha value is -0.580. The van der Waals surface area contributed by atoms with Crippen LogP contribution < -0.4 is 11.3 Å². The average molecular weight is 301 g/mol. The summed E-state index contributed by atoms with van der Waals surface area (Å²) >= 11 is 13.9. The molecule has 1 aromatic carbocycles. The molecule has 1 heterocycles. The molecule has 18 heavy (non-hydrogen) atoms. The highest BCUT2D eigenvalue weighted by molar-refractivity contribution is 7.12. The van der Waals surface area contributed by atoms with Crippen LogP contribution in [0.25, 0.3) is 0 Å². The van der Waals surface area contributed by atoms with Crippen LogP contribution in [0.3, 0.4) is 0 Å². The molecule has 1 aromatic heterocycles. The lowest BCUT2D eigenvalue weighted by Gasteiger charge is -2.15. The van der Waals surface area contributed by atoms with Crippen molar-refractivity contribution in [2.24, 2.45) is 5.84 Å². The molecule has 0 bridgehead atoms. The van der Waals surface area contributed by atoms with Crippen LogP contribution in [0.4, 0.5) is 0 Å². The highest BCUT2D eigenvalue weighted by Gasteiger charge is 2.15. The molecule has 0 aliphatic carbocycles. The lowest BCUT2D eigenvalue weighted by Crippen LogP contribution is -2.29. The molecule has 3 N–H and O–H groups in total. The van der Waals surface area contributed by atoms with Gasteiger partial charge in [-0.3, -0.25) is 11.3 Å². The maximum atomic E-state index is 6.19. The molecule has 0 spiro atoms. The monoisotopic (exact) mass is 300 g/mol. The van der Waals surface area contributed by atoms with Crippen LogP contribution in [-0.4, -0.2) is 0 Å². The Labute approximate surface area is 121 Å². The summed E-state index contributed by atoms with van der Waals surface area (Å²) in [5.74, 6) is 5.63. The zero-order valence-electron chi connectivity index (χ0n) is 9.91. The number of nitrogens with two attached hydrogens (primary N) is 1. The van der Waals surface area contributed by atoms with Gasteiger partial charge in [-0.2, -0.15) is 0 Å². The van der Waals surface area contributed by atoms with Gasteiger partial charge in [0.25, 0.3) is 0 Å². The third kappa shape index (κ3) is 3.05. The zero-order valence-corrected chi connectivity index (χ0v) is 12.2. The Balaban J connectivity index is 2.23. The summed E-state index contributed by atoms with van der Waals surface area (Å²) in [6.45, 7) is 2.08. The fraction of sp³-hybridized carbons (Fsp3) is 0.231. The van der Waals surface area contributed by atoms with Crippen LogP contribution in [0.2, 0.25) is 10.0 Å². The van der Waals surface area contributed by atoms with E-state index in [4.69, 9.17) is 29.0 Å². The van der Waals surface area contributed by atoms with E-state index in [1.54, 1.807) is 17.4 Å². The summed E-state index contributed by atoms with van der Waals surface area (Å²) in [5, 5.41) is 1.18. The van der Waals surface area contributed by atoms with E-state index in [1.807, 2.05) is 12.1 Å². The highest BCUT2D eigenvalue weighted by atomic mass is 35.5. The van der Waals surface area contributed by atoms with Gasteiger partial charge in [-0.05, 0) is 37.1 Å². The molecule has 96 valence electrons. The number of hydrazine groups is 1. The Bertz CT molecular complexity index is 540. The van der Waals surface area contributed by atoms with Crippen molar-refractivity contribution in [3.05, 3.63) is 55.7 Å². The molecule has 0 saturated heterocycles. The van der Waals surface area contributed by atoms with Crippen molar-refractivity contribution >= 4 is 34.5 Å². The van der Waals surface area contributed by atoms with Crippen molar-refractivity contribution in [3.63, 3.8) is 0 Å². The minimum absolute atomic E-state index is 0.0552. The summed E-state index contributed by atoms with van der Waals surface area (Å²) < 4.78 is 0. The predicted molar refractivity (Wildman–Crippen MR) is 79.3 cm³/mol. The number of thiophene rings is 1. The Morgan fingerprint density at radius 2 is 2.06 bits per heavy atom. The topological polar surface area (TPSA) is 38.0 Å². The van der Waals surface area contributed by atoms with Gasteiger partial charge in [0.1, 0.15) is 0 Å². The number of benzene rings is 1. The number of aryl methyl sites for hydroxylation is 1. The molecule has 2 rings (SSSR count). The van der Waals surface area contributed by atoms with E-state index in [1.165, 1.54) is 9.75 Å². The SMILES string of the molecule is Cc1ccc(C(Cc2cccc(Cl)c2Cl)NN)s1. The molecular weight excluding hydrogens is 287 g/mol. The van der Waals surface area contributed by atoms with E-state index in [0.29, 0.717) is 10.0 Å². The van der Waals surface area contributed by atoms with Crippen LogP contribution in [-0.2, 0) is 6.42 Å². The molecule has 0 saturated carbocycles. The van der Waals surface area contributed by atoms with Crippen LogP contribution in [0.15, 0.2) is 30.3 Å². The Morgan fingerprint density at radius 3 is 2.67 bits per heavy atom. The molecule has 0 radical (unpaired) electrons. The normalized spacial score (nSPS) is 12.7.